The van der Waals surface area contributed by atoms with Crippen LogP contribution in [0, 0.1) is 6.92 Å². The van der Waals surface area contributed by atoms with Gasteiger partial charge in [0.05, 0.1) is 38.3 Å². The number of hydrogen-bond acceptors (Lipinski definition) is 11. The number of imidazole rings is 1. The third kappa shape index (κ3) is 7.98. The molecule has 3 aromatic rings. The number of hydrogen-bond donors (Lipinski definition) is 3. The average Bonchev–Trinajstić information content (AvgIpc) is 3.32. The molecule has 1 aliphatic heterocycles. The minimum Gasteiger partial charge on any atom is -0.380 e. The smallest absolute Gasteiger partial charge is 0.243 e. The number of ether oxygens (including phenoxy) is 2. The highest BCUT2D eigenvalue weighted by atomic mass is 16.5. The number of anilines is 3. The van der Waals surface area contributed by atoms with Gasteiger partial charge >= 0.3 is 0 Å². The average molecular weight is 541 g/mol. The normalized spacial score (nSPS) is 15.2. The molecule has 4 rings (SSSR count). The van der Waals surface area contributed by atoms with Gasteiger partial charge in [0.15, 0.2) is 11.5 Å². The summed E-state index contributed by atoms with van der Waals surface area (Å²) in [6.45, 7) is 14.3. The van der Waals surface area contributed by atoms with Crippen molar-refractivity contribution >= 4 is 23.2 Å². The molecule has 0 spiro atoms. The fraction of sp³-hybridized carbons (Fsp3) is 0.630. The zero-order valence-corrected chi connectivity index (χ0v) is 23.6. The quantitative estimate of drug-likeness (QED) is 0.242. The van der Waals surface area contributed by atoms with Crippen molar-refractivity contribution in [3.8, 4) is 0 Å². The summed E-state index contributed by atoms with van der Waals surface area (Å²) in [6.07, 6.45) is 6.55. The molecule has 0 aromatic carbocycles. The van der Waals surface area contributed by atoms with Crippen molar-refractivity contribution in [2.75, 3.05) is 81.6 Å². The SMILES string of the molecule is CCC[C@H](C)Nc1nc(N)c2ncc(Cc3cnc(N4CCN(CCOCCOCCN)CC4)c(C)c3)n2n1. The summed E-state index contributed by atoms with van der Waals surface area (Å²) in [5, 5.41) is 8.03. The van der Waals surface area contributed by atoms with E-state index in [1.807, 2.05) is 12.4 Å². The lowest BCUT2D eigenvalue weighted by atomic mass is 10.1. The number of aromatic nitrogens is 5. The van der Waals surface area contributed by atoms with Gasteiger partial charge < -0.3 is 31.2 Å². The van der Waals surface area contributed by atoms with Crippen LogP contribution in [0.2, 0.25) is 0 Å². The molecule has 0 amide bonds. The molecule has 1 fully saturated rings. The van der Waals surface area contributed by atoms with Crippen molar-refractivity contribution in [3.05, 3.63) is 35.3 Å². The van der Waals surface area contributed by atoms with Crippen LogP contribution >= 0.6 is 0 Å². The van der Waals surface area contributed by atoms with E-state index < -0.39 is 0 Å². The van der Waals surface area contributed by atoms with Gasteiger partial charge in [-0.3, -0.25) is 4.90 Å². The van der Waals surface area contributed by atoms with Gasteiger partial charge in [-0.25, -0.2) is 14.5 Å². The molecule has 1 aliphatic rings. The maximum absolute atomic E-state index is 6.19. The minimum atomic E-state index is 0.264. The van der Waals surface area contributed by atoms with E-state index in [0.717, 1.165) is 62.6 Å². The second kappa shape index (κ2) is 14.4. The lowest BCUT2D eigenvalue weighted by Gasteiger charge is -2.36. The summed E-state index contributed by atoms with van der Waals surface area (Å²) in [7, 11) is 0. The van der Waals surface area contributed by atoms with E-state index in [1.165, 1.54) is 5.56 Å². The van der Waals surface area contributed by atoms with E-state index >= 15 is 0 Å². The van der Waals surface area contributed by atoms with Crippen LogP contribution in [0.3, 0.4) is 0 Å². The van der Waals surface area contributed by atoms with Crippen molar-refractivity contribution < 1.29 is 9.47 Å². The van der Waals surface area contributed by atoms with Gasteiger partial charge in [0, 0.05) is 57.9 Å². The summed E-state index contributed by atoms with van der Waals surface area (Å²) >= 11 is 0. The monoisotopic (exact) mass is 540 g/mol. The fourth-order valence-electron chi connectivity index (χ4n) is 4.90. The molecule has 0 saturated carbocycles. The van der Waals surface area contributed by atoms with Crippen molar-refractivity contribution in [2.45, 2.75) is 46.1 Å². The molecule has 4 heterocycles. The number of rotatable bonds is 15. The molecule has 12 heteroatoms. The molecule has 214 valence electrons. The van der Waals surface area contributed by atoms with Crippen LogP contribution in [0.25, 0.3) is 5.65 Å². The summed E-state index contributed by atoms with van der Waals surface area (Å²) in [4.78, 5) is 18.5. The topological polar surface area (TPSA) is 145 Å². The molecule has 0 unspecified atom stereocenters. The predicted molar refractivity (Wildman–Crippen MR) is 154 cm³/mol. The van der Waals surface area contributed by atoms with Gasteiger partial charge in [0.25, 0.3) is 0 Å². The summed E-state index contributed by atoms with van der Waals surface area (Å²) in [5.41, 5.74) is 15.4. The number of nitrogens with two attached hydrogens (primary N) is 2. The molecule has 1 atom stereocenters. The highest BCUT2D eigenvalue weighted by Crippen LogP contribution is 2.22. The largest absolute Gasteiger partial charge is 0.380 e. The molecule has 39 heavy (non-hydrogen) atoms. The molecular weight excluding hydrogens is 496 g/mol. The number of nitrogens with zero attached hydrogens (tertiary/aromatic N) is 7. The van der Waals surface area contributed by atoms with Gasteiger partial charge in [0.1, 0.15) is 5.82 Å². The van der Waals surface area contributed by atoms with E-state index in [4.69, 9.17) is 25.9 Å². The van der Waals surface area contributed by atoms with Crippen LogP contribution in [0.15, 0.2) is 18.5 Å². The molecule has 1 saturated heterocycles. The second-order valence-corrected chi connectivity index (χ2v) is 10.1. The number of fused-ring (bicyclic) bond motifs is 1. The lowest BCUT2D eigenvalue weighted by Crippen LogP contribution is -2.47. The van der Waals surface area contributed by atoms with Gasteiger partial charge in [-0.1, -0.05) is 19.4 Å². The Balaban J connectivity index is 1.32. The second-order valence-electron chi connectivity index (χ2n) is 10.1. The Morgan fingerprint density at radius 3 is 2.54 bits per heavy atom. The Hall–Kier alpha value is -3.06. The molecular formula is C27H44N10O2. The molecule has 0 radical (unpaired) electrons. The Bertz CT molecular complexity index is 1180. The van der Waals surface area contributed by atoms with Crippen LogP contribution in [-0.4, -0.2) is 101 Å². The van der Waals surface area contributed by atoms with Gasteiger partial charge in [-0.05, 0) is 31.4 Å². The van der Waals surface area contributed by atoms with Crippen molar-refractivity contribution in [2.24, 2.45) is 5.73 Å². The van der Waals surface area contributed by atoms with Crippen LogP contribution < -0.4 is 21.7 Å². The third-order valence-electron chi connectivity index (χ3n) is 6.91. The first-order valence-electron chi connectivity index (χ1n) is 14.0. The highest BCUT2D eigenvalue weighted by Gasteiger charge is 2.20. The fourth-order valence-corrected chi connectivity index (χ4v) is 4.90. The van der Waals surface area contributed by atoms with Gasteiger partial charge in [-0.2, -0.15) is 4.98 Å². The van der Waals surface area contributed by atoms with Crippen molar-refractivity contribution in [1.82, 2.24) is 29.5 Å². The first-order valence-corrected chi connectivity index (χ1v) is 14.0. The Morgan fingerprint density at radius 1 is 1.05 bits per heavy atom. The Labute approximate surface area is 231 Å². The molecule has 0 bridgehead atoms. The van der Waals surface area contributed by atoms with E-state index in [9.17, 15) is 0 Å². The van der Waals surface area contributed by atoms with Crippen molar-refractivity contribution in [1.29, 1.82) is 0 Å². The van der Waals surface area contributed by atoms with E-state index in [0.29, 0.717) is 56.8 Å². The van der Waals surface area contributed by atoms with Crippen LogP contribution in [-0.2, 0) is 15.9 Å². The minimum absolute atomic E-state index is 0.264. The van der Waals surface area contributed by atoms with Gasteiger partial charge in [0.2, 0.25) is 5.95 Å². The zero-order valence-electron chi connectivity index (χ0n) is 23.6. The lowest BCUT2D eigenvalue weighted by molar-refractivity contribution is 0.0405. The third-order valence-corrected chi connectivity index (χ3v) is 6.91. The maximum Gasteiger partial charge on any atom is 0.243 e. The molecule has 12 nitrogen and oxygen atoms in total. The number of nitrogens with one attached hydrogen (secondary N) is 1. The van der Waals surface area contributed by atoms with E-state index in [-0.39, 0.29) is 6.04 Å². The van der Waals surface area contributed by atoms with E-state index in [2.05, 4.69) is 57.0 Å². The molecule has 0 aliphatic carbocycles. The zero-order chi connectivity index (χ0) is 27.6. The standard InChI is InChI=1S/C27H44N10O2/c1-4-5-21(3)32-27-33-24(29)26-31-19-23(37(26)34-27)17-22-16-20(2)25(30-18-22)36-9-7-35(8-10-36)11-13-39-15-14-38-12-6-28/h16,18-19,21H,4-15,17,28H2,1-3H3,(H3,29,32,33,34)/t21-/m0/s1. The summed E-state index contributed by atoms with van der Waals surface area (Å²) in [5.74, 6) is 1.94. The number of aryl methyl sites for hydroxylation is 1. The first kappa shape index (κ1) is 28.9. The first-order chi connectivity index (χ1) is 19.0. The summed E-state index contributed by atoms with van der Waals surface area (Å²) < 4.78 is 12.8. The van der Waals surface area contributed by atoms with Crippen LogP contribution in [0.5, 0.6) is 0 Å². The maximum atomic E-state index is 6.19. The number of nitrogen functional groups attached to an aromatic ring is 1. The predicted octanol–water partition coefficient (Wildman–Crippen LogP) is 1.72. The number of piperazine rings is 1. The Morgan fingerprint density at radius 2 is 1.82 bits per heavy atom. The Kier molecular flexibility index (Phi) is 10.7. The number of pyridine rings is 1. The van der Waals surface area contributed by atoms with Gasteiger partial charge in [-0.15, -0.1) is 5.10 Å². The van der Waals surface area contributed by atoms with Crippen LogP contribution in [0.4, 0.5) is 17.6 Å². The molecule has 5 N–H and O–H groups in total. The van der Waals surface area contributed by atoms with E-state index in [1.54, 1.807) is 4.52 Å². The van der Waals surface area contributed by atoms with Crippen molar-refractivity contribution in [3.63, 3.8) is 0 Å². The van der Waals surface area contributed by atoms with Crippen LogP contribution in [0.1, 0.15) is 43.5 Å². The summed E-state index contributed by atoms with van der Waals surface area (Å²) in [6, 6.07) is 2.47. The highest BCUT2D eigenvalue weighted by molar-refractivity contribution is 5.61. The molecule has 3 aromatic heterocycles.